The van der Waals surface area contributed by atoms with Crippen molar-refractivity contribution in [2.45, 2.75) is 31.6 Å². The number of nitrogens with one attached hydrogen (secondary N) is 2. The lowest BCUT2D eigenvalue weighted by molar-refractivity contribution is -0.0428. The summed E-state index contributed by atoms with van der Waals surface area (Å²) in [6.45, 7) is 3.23. The number of rotatable bonds is 3. The molecule has 20 heavy (non-hydrogen) atoms. The zero-order chi connectivity index (χ0) is 14.3. The van der Waals surface area contributed by atoms with Gasteiger partial charge in [-0.05, 0) is 6.42 Å². The van der Waals surface area contributed by atoms with Gasteiger partial charge in [0.1, 0.15) is 11.1 Å². The summed E-state index contributed by atoms with van der Waals surface area (Å²) in [6, 6.07) is 0. The molecule has 1 fully saturated rings. The number of aromatic nitrogens is 3. The fourth-order valence-electron chi connectivity index (χ4n) is 2.81. The van der Waals surface area contributed by atoms with Crippen LogP contribution in [0.5, 0.6) is 0 Å². The molecule has 2 atom stereocenters. The molecule has 0 radical (unpaired) electrons. The Bertz CT molecular complexity index is 680. The van der Waals surface area contributed by atoms with E-state index in [4.69, 9.17) is 0 Å². The molecule has 3 rings (SSSR count). The number of β-amino-alcohol motifs (C(OH)–C–C–N with tert-alkyl or cyclic N) is 2. The van der Waals surface area contributed by atoms with Gasteiger partial charge in [0, 0.05) is 31.4 Å². The first-order valence-electron chi connectivity index (χ1n) is 6.70. The second-order valence-corrected chi connectivity index (χ2v) is 5.41. The Morgan fingerprint density at radius 1 is 1.55 bits per heavy atom. The van der Waals surface area contributed by atoms with Gasteiger partial charge in [0.15, 0.2) is 0 Å². The zero-order valence-electron chi connectivity index (χ0n) is 11.3. The molecule has 0 unspecified atom stereocenters. The molecule has 0 bridgehead atoms. The Labute approximate surface area is 115 Å². The van der Waals surface area contributed by atoms with Crippen LogP contribution >= 0.6 is 0 Å². The maximum atomic E-state index is 11.6. The van der Waals surface area contributed by atoms with E-state index in [-0.39, 0.29) is 5.56 Å². The van der Waals surface area contributed by atoms with Crippen LogP contribution in [0.3, 0.4) is 0 Å². The van der Waals surface area contributed by atoms with Gasteiger partial charge in [0.2, 0.25) is 0 Å². The number of hydrogen-bond donors (Lipinski definition) is 4. The molecule has 7 nitrogen and oxygen atoms in total. The van der Waals surface area contributed by atoms with Crippen LogP contribution in [-0.2, 0) is 6.54 Å². The molecule has 0 spiro atoms. The van der Waals surface area contributed by atoms with E-state index < -0.39 is 11.7 Å². The van der Waals surface area contributed by atoms with Gasteiger partial charge >= 0.3 is 0 Å². The highest BCUT2D eigenvalue weighted by atomic mass is 16.3. The number of aliphatic hydroxyl groups excluding tert-OH is 1. The summed E-state index contributed by atoms with van der Waals surface area (Å²) in [5.41, 5.74) is 0.728. The maximum Gasteiger partial charge on any atom is 0.275 e. The quantitative estimate of drug-likeness (QED) is 0.609. The van der Waals surface area contributed by atoms with Crippen LogP contribution in [0.2, 0.25) is 0 Å². The molecule has 108 valence electrons. The van der Waals surface area contributed by atoms with Gasteiger partial charge in [-0.25, -0.2) is 4.98 Å². The molecule has 1 saturated heterocycles. The van der Waals surface area contributed by atoms with Gasteiger partial charge < -0.3 is 20.2 Å². The predicted octanol–water partition coefficient (Wildman–Crippen LogP) is -0.431. The first kappa shape index (κ1) is 13.3. The minimum atomic E-state index is -1.04. The molecule has 0 aliphatic carbocycles. The highest BCUT2D eigenvalue weighted by Gasteiger charge is 2.42. The molecule has 0 amide bonds. The first-order valence-corrected chi connectivity index (χ1v) is 6.70. The Balaban J connectivity index is 1.85. The molecule has 0 aromatic carbocycles. The zero-order valence-corrected chi connectivity index (χ0v) is 11.3. The summed E-state index contributed by atoms with van der Waals surface area (Å²) < 4.78 is 0. The van der Waals surface area contributed by atoms with Gasteiger partial charge in [-0.2, -0.15) is 0 Å². The number of hydrogen-bond acceptors (Lipinski definition) is 5. The summed E-state index contributed by atoms with van der Waals surface area (Å²) in [4.78, 5) is 23.2. The minimum Gasteiger partial charge on any atom is -0.389 e. The molecule has 2 aromatic rings. The van der Waals surface area contributed by atoms with Crippen molar-refractivity contribution in [3.63, 3.8) is 0 Å². The minimum absolute atomic E-state index is 0.201. The second-order valence-electron chi connectivity index (χ2n) is 5.41. The topological polar surface area (TPSA) is 105 Å². The van der Waals surface area contributed by atoms with Crippen molar-refractivity contribution in [2.75, 3.05) is 13.1 Å². The van der Waals surface area contributed by atoms with E-state index in [1.165, 1.54) is 6.33 Å². The van der Waals surface area contributed by atoms with Gasteiger partial charge in [0.25, 0.3) is 5.56 Å². The number of nitrogens with zero attached hydrogens (tertiary/aromatic N) is 2. The third-order valence-corrected chi connectivity index (χ3v) is 4.10. The molecule has 4 N–H and O–H groups in total. The molecule has 7 heteroatoms. The fourth-order valence-corrected chi connectivity index (χ4v) is 2.81. The highest BCUT2D eigenvalue weighted by molar-refractivity contribution is 5.77. The molecule has 2 aromatic heterocycles. The lowest BCUT2D eigenvalue weighted by atomic mass is 9.98. The normalized spacial score (nSPS) is 27.4. The lowest BCUT2D eigenvalue weighted by Crippen LogP contribution is -2.40. The Morgan fingerprint density at radius 3 is 3.05 bits per heavy atom. The summed E-state index contributed by atoms with van der Waals surface area (Å²) in [6.07, 6.45) is 2.90. The van der Waals surface area contributed by atoms with Crippen molar-refractivity contribution in [3.05, 3.63) is 28.4 Å². The van der Waals surface area contributed by atoms with E-state index >= 15 is 0 Å². The molecule has 3 heterocycles. The van der Waals surface area contributed by atoms with Gasteiger partial charge in [-0.1, -0.05) is 6.92 Å². The number of likely N-dealkylation sites (tertiary alicyclic amines) is 1. The van der Waals surface area contributed by atoms with E-state index in [9.17, 15) is 15.0 Å². The summed E-state index contributed by atoms with van der Waals surface area (Å²) in [5, 5.41) is 20.2. The summed E-state index contributed by atoms with van der Waals surface area (Å²) in [5.74, 6) is 0. The highest BCUT2D eigenvalue weighted by Crippen LogP contribution is 2.27. The number of H-pyrrole nitrogens is 2. The lowest BCUT2D eigenvalue weighted by Gasteiger charge is -2.23. The van der Waals surface area contributed by atoms with Crippen LogP contribution in [0.15, 0.2) is 17.3 Å². The third kappa shape index (κ3) is 2.04. The largest absolute Gasteiger partial charge is 0.389 e. The standard InChI is InChI=1S/C13H18N4O3/c1-2-13(20)6-17(5-9(13)18)4-8-3-14-11-10(8)15-7-16-12(11)19/h3,7,9,14,18,20H,2,4-6H2,1H3,(H,15,16,19)/t9-,13-/m1/s1. The molecular formula is C13H18N4O3. The fraction of sp³-hybridized carbons (Fsp3) is 0.538. The summed E-state index contributed by atoms with van der Waals surface area (Å²) >= 11 is 0. The van der Waals surface area contributed by atoms with Crippen molar-refractivity contribution < 1.29 is 10.2 Å². The van der Waals surface area contributed by atoms with E-state index in [1.54, 1.807) is 6.20 Å². The van der Waals surface area contributed by atoms with Crippen LogP contribution in [0.1, 0.15) is 18.9 Å². The van der Waals surface area contributed by atoms with E-state index in [0.717, 1.165) is 5.56 Å². The Morgan fingerprint density at radius 2 is 2.35 bits per heavy atom. The van der Waals surface area contributed by atoms with Gasteiger partial charge in [0.05, 0.1) is 17.9 Å². The van der Waals surface area contributed by atoms with Gasteiger partial charge in [-0.3, -0.25) is 9.69 Å². The first-order chi connectivity index (χ1) is 9.53. The smallest absolute Gasteiger partial charge is 0.275 e. The monoisotopic (exact) mass is 278 g/mol. The van der Waals surface area contributed by atoms with Gasteiger partial charge in [-0.15, -0.1) is 0 Å². The van der Waals surface area contributed by atoms with Crippen LogP contribution in [-0.4, -0.2) is 54.9 Å². The van der Waals surface area contributed by atoms with E-state index in [0.29, 0.717) is 37.1 Å². The van der Waals surface area contributed by atoms with Crippen LogP contribution in [0.4, 0.5) is 0 Å². The van der Waals surface area contributed by atoms with Crippen molar-refractivity contribution in [3.8, 4) is 0 Å². The maximum absolute atomic E-state index is 11.6. The Kier molecular flexibility index (Phi) is 3.12. The van der Waals surface area contributed by atoms with Crippen molar-refractivity contribution in [1.82, 2.24) is 19.9 Å². The number of aromatic amines is 2. The SMILES string of the molecule is CC[C@@]1(O)CN(Cc2c[nH]c3c(=O)[nH]cnc23)C[C@H]1O. The molecule has 1 aliphatic rings. The molecule has 1 aliphatic heterocycles. The predicted molar refractivity (Wildman–Crippen MR) is 73.2 cm³/mol. The van der Waals surface area contributed by atoms with Crippen LogP contribution in [0, 0.1) is 0 Å². The number of fused-ring (bicyclic) bond motifs is 1. The van der Waals surface area contributed by atoms with Crippen molar-refractivity contribution in [1.29, 1.82) is 0 Å². The number of aliphatic hydroxyl groups is 2. The average Bonchev–Trinajstić information content (AvgIpc) is 2.94. The third-order valence-electron chi connectivity index (χ3n) is 4.10. The van der Waals surface area contributed by atoms with Crippen LogP contribution < -0.4 is 5.56 Å². The summed E-state index contributed by atoms with van der Waals surface area (Å²) in [7, 11) is 0. The van der Waals surface area contributed by atoms with Crippen molar-refractivity contribution in [2.24, 2.45) is 0 Å². The Hall–Kier alpha value is -1.70. The molecule has 0 saturated carbocycles. The van der Waals surface area contributed by atoms with Crippen molar-refractivity contribution >= 4 is 11.0 Å². The van der Waals surface area contributed by atoms with E-state index in [2.05, 4.69) is 15.0 Å². The van der Waals surface area contributed by atoms with Crippen LogP contribution in [0.25, 0.3) is 11.0 Å². The second kappa shape index (κ2) is 4.69. The van der Waals surface area contributed by atoms with E-state index in [1.807, 2.05) is 11.8 Å². The average molecular weight is 278 g/mol. The molecular weight excluding hydrogens is 260 g/mol.